The number of carbonyl (C=O) groups excluding carboxylic acids is 3. The van der Waals surface area contributed by atoms with Crippen LogP contribution in [-0.2, 0) is 9.59 Å². The summed E-state index contributed by atoms with van der Waals surface area (Å²) in [5.41, 5.74) is 2.44. The number of ether oxygens (including phenoxy) is 1. The lowest BCUT2D eigenvalue weighted by atomic mass is 10.1. The lowest BCUT2D eigenvalue weighted by molar-refractivity contribution is -0.114. The molecule has 3 amide bonds. The zero-order chi connectivity index (χ0) is 29.3. The number of carbonyl (C=O) groups is 3. The Kier molecular flexibility index (Phi) is 9.27. The molecule has 0 saturated carbocycles. The van der Waals surface area contributed by atoms with Gasteiger partial charge in [-0.25, -0.2) is 4.98 Å². The summed E-state index contributed by atoms with van der Waals surface area (Å²) in [6.45, 7) is 0. The molecule has 8 nitrogen and oxygen atoms in total. The number of thioether (sulfide) groups is 1. The number of nitrogens with zero attached hydrogens (tertiary/aromatic N) is 1. The maximum Gasteiger partial charge on any atom is 0.272 e. The van der Waals surface area contributed by atoms with Crippen LogP contribution < -0.4 is 20.7 Å². The van der Waals surface area contributed by atoms with Crippen LogP contribution in [0.1, 0.15) is 15.9 Å². The van der Waals surface area contributed by atoms with Crippen molar-refractivity contribution >= 4 is 67.9 Å². The molecule has 0 atom stereocenters. The van der Waals surface area contributed by atoms with Crippen LogP contribution in [0.4, 0.5) is 10.8 Å². The maximum atomic E-state index is 13.4. The molecular weight excluding hydrogens is 569 g/mol. The van der Waals surface area contributed by atoms with E-state index in [1.807, 2.05) is 48.5 Å². The van der Waals surface area contributed by atoms with Gasteiger partial charge in [0.25, 0.3) is 11.8 Å². The fourth-order valence-electron chi connectivity index (χ4n) is 3.98. The van der Waals surface area contributed by atoms with Crippen molar-refractivity contribution in [1.82, 2.24) is 10.3 Å². The first kappa shape index (κ1) is 28.6. The van der Waals surface area contributed by atoms with Gasteiger partial charge in [-0.3, -0.25) is 14.4 Å². The lowest BCUT2D eigenvalue weighted by Gasteiger charge is -2.13. The highest BCUT2D eigenvalue weighted by Crippen LogP contribution is 2.27. The van der Waals surface area contributed by atoms with Crippen molar-refractivity contribution in [2.45, 2.75) is 4.90 Å². The minimum absolute atomic E-state index is 0.0432. The Hall–Kier alpha value is -4.93. The first-order valence-electron chi connectivity index (χ1n) is 12.9. The van der Waals surface area contributed by atoms with E-state index >= 15 is 0 Å². The van der Waals surface area contributed by atoms with Gasteiger partial charge in [0, 0.05) is 21.7 Å². The van der Waals surface area contributed by atoms with E-state index in [-0.39, 0.29) is 17.4 Å². The number of anilines is 2. The van der Waals surface area contributed by atoms with Crippen LogP contribution in [0.2, 0.25) is 0 Å². The molecule has 0 spiro atoms. The summed E-state index contributed by atoms with van der Waals surface area (Å²) in [6.07, 6.45) is 1.57. The molecule has 210 valence electrons. The number of rotatable bonds is 10. The van der Waals surface area contributed by atoms with Crippen LogP contribution in [-0.4, -0.2) is 35.6 Å². The normalized spacial score (nSPS) is 11.1. The lowest BCUT2D eigenvalue weighted by Crippen LogP contribution is -2.30. The third-order valence-corrected chi connectivity index (χ3v) is 7.92. The summed E-state index contributed by atoms with van der Waals surface area (Å²) < 4.78 is 6.42. The Morgan fingerprint density at radius 1 is 0.881 bits per heavy atom. The fraction of sp³-hybridized carbons (Fsp3) is 0.0625. The van der Waals surface area contributed by atoms with E-state index in [9.17, 15) is 14.4 Å². The predicted molar refractivity (Wildman–Crippen MR) is 169 cm³/mol. The van der Waals surface area contributed by atoms with Crippen molar-refractivity contribution in [3.63, 3.8) is 0 Å². The van der Waals surface area contributed by atoms with E-state index in [1.54, 1.807) is 60.7 Å². The van der Waals surface area contributed by atoms with Gasteiger partial charge in [-0.2, -0.15) is 0 Å². The minimum Gasteiger partial charge on any atom is -0.496 e. The van der Waals surface area contributed by atoms with Gasteiger partial charge in [-0.15, -0.1) is 11.8 Å². The van der Waals surface area contributed by atoms with E-state index in [1.165, 1.54) is 30.2 Å². The van der Waals surface area contributed by atoms with Crippen LogP contribution in [0.25, 0.3) is 16.3 Å². The Morgan fingerprint density at radius 2 is 1.64 bits per heavy atom. The molecule has 42 heavy (non-hydrogen) atoms. The summed E-state index contributed by atoms with van der Waals surface area (Å²) in [6, 6.07) is 30.7. The number of nitrogens with one attached hydrogen (secondary N) is 3. The average Bonchev–Trinajstić information content (AvgIpc) is 3.43. The smallest absolute Gasteiger partial charge is 0.272 e. The number of thiazole rings is 1. The molecule has 1 heterocycles. The Morgan fingerprint density at radius 3 is 2.45 bits per heavy atom. The van der Waals surface area contributed by atoms with E-state index in [4.69, 9.17) is 4.74 Å². The Bertz CT molecular complexity index is 1740. The van der Waals surface area contributed by atoms with Gasteiger partial charge >= 0.3 is 0 Å². The number of para-hydroxylation sites is 2. The van der Waals surface area contributed by atoms with E-state index < -0.39 is 11.8 Å². The Labute approximate surface area is 250 Å². The summed E-state index contributed by atoms with van der Waals surface area (Å²) in [7, 11) is 1.54. The van der Waals surface area contributed by atoms with Gasteiger partial charge in [-0.1, -0.05) is 65.9 Å². The molecule has 0 aliphatic heterocycles. The Balaban J connectivity index is 1.27. The summed E-state index contributed by atoms with van der Waals surface area (Å²) in [4.78, 5) is 44.2. The maximum absolute atomic E-state index is 13.4. The largest absolute Gasteiger partial charge is 0.496 e. The zero-order valence-corrected chi connectivity index (χ0v) is 24.1. The molecule has 0 saturated heterocycles. The molecule has 3 N–H and O–H groups in total. The molecular formula is C32H26N4O4S2. The SMILES string of the molecule is COc1ccccc1/C=C(/NC(=O)c1ccccc1)C(=O)Nc1cccc(SCC(=O)Nc2nc3ccccc3s2)c1. The van der Waals surface area contributed by atoms with E-state index in [2.05, 4.69) is 20.9 Å². The number of fused-ring (bicyclic) bond motifs is 1. The molecule has 5 aromatic rings. The van der Waals surface area contributed by atoms with E-state index in [0.29, 0.717) is 27.7 Å². The highest BCUT2D eigenvalue weighted by atomic mass is 32.2. The minimum atomic E-state index is -0.513. The van der Waals surface area contributed by atoms with Crippen molar-refractivity contribution in [3.05, 3.63) is 120 Å². The van der Waals surface area contributed by atoms with E-state index in [0.717, 1.165) is 15.1 Å². The summed E-state index contributed by atoms with van der Waals surface area (Å²) in [5, 5.41) is 8.98. The number of benzene rings is 4. The topological polar surface area (TPSA) is 109 Å². The van der Waals surface area contributed by atoms with Gasteiger partial charge in [0.15, 0.2) is 5.13 Å². The highest BCUT2D eigenvalue weighted by molar-refractivity contribution is 8.00. The van der Waals surface area contributed by atoms with Gasteiger partial charge in [-0.05, 0) is 54.6 Å². The first-order chi connectivity index (χ1) is 20.5. The molecule has 1 aromatic heterocycles. The molecule has 0 unspecified atom stereocenters. The summed E-state index contributed by atoms with van der Waals surface area (Å²) in [5.74, 6) is -0.394. The van der Waals surface area contributed by atoms with Gasteiger partial charge in [0.2, 0.25) is 5.91 Å². The quantitative estimate of drug-likeness (QED) is 0.127. The van der Waals surface area contributed by atoms with Crippen molar-refractivity contribution in [2.75, 3.05) is 23.5 Å². The summed E-state index contributed by atoms with van der Waals surface area (Å²) >= 11 is 2.75. The van der Waals surface area contributed by atoms with Crippen molar-refractivity contribution < 1.29 is 19.1 Å². The number of aromatic nitrogens is 1. The number of methoxy groups -OCH3 is 1. The molecule has 0 aliphatic carbocycles. The molecule has 0 aliphatic rings. The fourth-order valence-corrected chi connectivity index (χ4v) is 5.61. The second-order valence-corrected chi connectivity index (χ2v) is 11.0. The van der Waals surface area contributed by atoms with Gasteiger partial charge < -0.3 is 20.7 Å². The molecule has 0 bridgehead atoms. The number of hydrogen-bond acceptors (Lipinski definition) is 7. The predicted octanol–water partition coefficient (Wildman–Crippen LogP) is 6.45. The number of hydrogen-bond donors (Lipinski definition) is 3. The highest BCUT2D eigenvalue weighted by Gasteiger charge is 2.16. The third kappa shape index (κ3) is 7.42. The van der Waals surface area contributed by atoms with Gasteiger partial charge in [0.1, 0.15) is 11.4 Å². The van der Waals surface area contributed by atoms with Gasteiger partial charge in [0.05, 0.1) is 23.1 Å². The van der Waals surface area contributed by atoms with Crippen molar-refractivity contribution in [2.24, 2.45) is 0 Å². The number of amides is 3. The van der Waals surface area contributed by atoms with Crippen LogP contribution in [0.3, 0.4) is 0 Å². The van der Waals surface area contributed by atoms with Crippen molar-refractivity contribution in [1.29, 1.82) is 0 Å². The third-order valence-electron chi connectivity index (χ3n) is 5.97. The van der Waals surface area contributed by atoms with Crippen LogP contribution in [0.15, 0.2) is 114 Å². The van der Waals surface area contributed by atoms with Crippen LogP contribution >= 0.6 is 23.1 Å². The monoisotopic (exact) mass is 594 g/mol. The van der Waals surface area contributed by atoms with Crippen molar-refractivity contribution in [3.8, 4) is 5.75 Å². The molecule has 5 rings (SSSR count). The first-order valence-corrected chi connectivity index (χ1v) is 14.7. The second-order valence-electron chi connectivity index (χ2n) is 8.93. The second kappa shape index (κ2) is 13.6. The van der Waals surface area contributed by atoms with Crippen LogP contribution in [0.5, 0.6) is 5.75 Å². The zero-order valence-electron chi connectivity index (χ0n) is 22.5. The molecule has 0 fully saturated rings. The molecule has 0 radical (unpaired) electrons. The molecule has 10 heteroatoms. The average molecular weight is 595 g/mol. The standard InChI is InChI=1S/C32H26N4O4S2/c1-40-27-16-7-5-12-22(27)18-26(34-30(38)21-10-3-2-4-11-21)31(39)33-23-13-9-14-24(19-23)41-20-29(37)36-32-35-25-15-6-8-17-28(25)42-32/h2-19H,20H2,1H3,(H,33,39)(H,34,38)(H,35,36,37)/b26-18+. The van der Waals surface area contributed by atoms with Crippen LogP contribution in [0, 0.1) is 0 Å². The molecule has 4 aromatic carbocycles.